The van der Waals surface area contributed by atoms with E-state index in [0.717, 1.165) is 12.8 Å². The van der Waals surface area contributed by atoms with E-state index in [1.165, 1.54) is 12.3 Å². The molecule has 1 fully saturated rings. The predicted octanol–water partition coefficient (Wildman–Crippen LogP) is 3.31. The first-order valence-electron chi connectivity index (χ1n) is 6.15. The summed E-state index contributed by atoms with van der Waals surface area (Å²) in [5, 5.41) is 0.0256. The Morgan fingerprint density at radius 1 is 1.53 bits per heavy atom. The highest BCUT2D eigenvalue weighted by Gasteiger charge is 2.39. The first kappa shape index (κ1) is 15.2. The second kappa shape index (κ2) is 5.68. The zero-order valence-electron chi connectivity index (χ0n) is 10.8. The van der Waals surface area contributed by atoms with E-state index >= 15 is 0 Å². The Balaban J connectivity index is 2.41. The van der Waals surface area contributed by atoms with E-state index in [1.54, 1.807) is 4.31 Å². The van der Waals surface area contributed by atoms with Gasteiger partial charge in [0.15, 0.2) is 0 Å². The Bertz CT molecular complexity index is 573. The van der Waals surface area contributed by atoms with E-state index in [9.17, 15) is 8.42 Å². The summed E-state index contributed by atoms with van der Waals surface area (Å²) in [5.74, 6) is 0.272. The third-order valence-electron chi connectivity index (χ3n) is 2.86. The second-order valence-corrected chi connectivity index (χ2v) is 8.27. The molecule has 1 saturated carbocycles. The summed E-state index contributed by atoms with van der Waals surface area (Å²) in [6, 6.07) is 1.63. The quantitative estimate of drug-likeness (QED) is 0.750. The molecule has 1 heterocycles. The van der Waals surface area contributed by atoms with Crippen LogP contribution in [0.25, 0.3) is 0 Å². The minimum atomic E-state index is -3.58. The van der Waals surface area contributed by atoms with Gasteiger partial charge in [0.05, 0.1) is 0 Å². The highest BCUT2D eigenvalue weighted by Crippen LogP contribution is 2.35. The molecule has 106 valence electrons. The molecule has 0 aromatic carbocycles. The summed E-state index contributed by atoms with van der Waals surface area (Å²) >= 11 is 9.19. The molecule has 0 radical (unpaired) electrons. The van der Waals surface area contributed by atoms with Gasteiger partial charge in [0.25, 0.3) is 0 Å². The fourth-order valence-electron chi connectivity index (χ4n) is 1.88. The lowest BCUT2D eigenvalue weighted by Gasteiger charge is -2.24. The highest BCUT2D eigenvalue weighted by molar-refractivity contribution is 9.10. The van der Waals surface area contributed by atoms with Gasteiger partial charge >= 0.3 is 0 Å². The lowest BCUT2D eigenvalue weighted by atomic mass is 10.2. The fraction of sp³-hybridized carbons (Fsp3) is 0.583. The van der Waals surface area contributed by atoms with E-state index in [1.807, 2.05) is 13.8 Å². The van der Waals surface area contributed by atoms with Crippen LogP contribution in [0.2, 0.25) is 5.15 Å². The molecule has 0 saturated heterocycles. The summed E-state index contributed by atoms with van der Waals surface area (Å²) < 4.78 is 27.6. The molecule has 0 atom stereocenters. The van der Waals surface area contributed by atoms with Crippen molar-refractivity contribution in [3.8, 4) is 0 Å². The van der Waals surface area contributed by atoms with Gasteiger partial charge in [-0.15, -0.1) is 0 Å². The molecule has 0 spiro atoms. The number of halogens is 2. The van der Waals surface area contributed by atoms with Crippen LogP contribution in [-0.4, -0.2) is 30.3 Å². The number of nitrogens with zero attached hydrogens (tertiary/aromatic N) is 2. The molecule has 2 rings (SSSR count). The van der Waals surface area contributed by atoms with Crippen molar-refractivity contribution < 1.29 is 8.42 Å². The Morgan fingerprint density at radius 2 is 2.16 bits per heavy atom. The molecule has 1 aliphatic carbocycles. The van der Waals surface area contributed by atoms with E-state index in [-0.39, 0.29) is 22.0 Å². The van der Waals surface area contributed by atoms with Gasteiger partial charge in [-0.2, -0.15) is 4.31 Å². The number of hydrogen-bond acceptors (Lipinski definition) is 3. The van der Waals surface area contributed by atoms with Crippen molar-refractivity contribution in [1.29, 1.82) is 0 Å². The van der Waals surface area contributed by atoms with Gasteiger partial charge in [-0.05, 0) is 40.8 Å². The van der Waals surface area contributed by atoms with E-state index in [2.05, 4.69) is 20.9 Å². The predicted molar refractivity (Wildman–Crippen MR) is 78.7 cm³/mol. The molecule has 1 aromatic rings. The van der Waals surface area contributed by atoms with Crippen LogP contribution in [0, 0.1) is 5.92 Å². The largest absolute Gasteiger partial charge is 0.246 e. The van der Waals surface area contributed by atoms with E-state index < -0.39 is 10.0 Å². The van der Waals surface area contributed by atoms with Crippen LogP contribution in [-0.2, 0) is 10.0 Å². The monoisotopic (exact) mass is 366 g/mol. The first-order valence-corrected chi connectivity index (χ1v) is 8.76. The van der Waals surface area contributed by atoms with Crippen molar-refractivity contribution in [3.63, 3.8) is 0 Å². The standard InChI is InChI=1S/C12H16BrClN2O2S/c1-8(2)7-16(10-3-4-10)19(17,18)11-5-9(13)6-15-12(11)14/h5-6,8,10H,3-4,7H2,1-2H3. The number of aromatic nitrogens is 1. The van der Waals surface area contributed by atoms with Crippen LogP contribution >= 0.6 is 27.5 Å². The second-order valence-electron chi connectivity index (χ2n) is 5.14. The summed E-state index contributed by atoms with van der Waals surface area (Å²) in [7, 11) is -3.58. The highest BCUT2D eigenvalue weighted by atomic mass is 79.9. The molecule has 7 heteroatoms. The minimum Gasteiger partial charge on any atom is -0.242 e. The average molecular weight is 368 g/mol. The van der Waals surface area contributed by atoms with Crippen LogP contribution in [0.5, 0.6) is 0 Å². The molecule has 1 aromatic heterocycles. The van der Waals surface area contributed by atoms with Crippen LogP contribution in [0.3, 0.4) is 0 Å². The smallest absolute Gasteiger partial charge is 0.242 e. The molecule has 0 unspecified atom stereocenters. The third kappa shape index (κ3) is 3.48. The Labute approximate surface area is 127 Å². The number of sulfonamides is 1. The minimum absolute atomic E-state index is 0.0256. The van der Waals surface area contributed by atoms with Crippen molar-refractivity contribution >= 4 is 37.6 Å². The topological polar surface area (TPSA) is 50.3 Å². The SMILES string of the molecule is CC(C)CN(C1CC1)S(=O)(=O)c1cc(Br)cnc1Cl. The number of rotatable bonds is 5. The molecule has 19 heavy (non-hydrogen) atoms. The Morgan fingerprint density at radius 3 is 2.68 bits per heavy atom. The Hall–Kier alpha value is -0.170. The lowest BCUT2D eigenvalue weighted by Crippen LogP contribution is -2.36. The summed E-state index contributed by atoms with van der Waals surface area (Å²) in [5.41, 5.74) is 0. The number of pyridine rings is 1. The maximum absolute atomic E-state index is 12.7. The maximum atomic E-state index is 12.7. The van der Waals surface area contributed by atoms with E-state index in [0.29, 0.717) is 11.0 Å². The third-order valence-corrected chi connectivity index (χ3v) is 5.64. The number of hydrogen-bond donors (Lipinski definition) is 0. The van der Waals surface area contributed by atoms with Gasteiger partial charge in [-0.1, -0.05) is 25.4 Å². The molecular weight excluding hydrogens is 352 g/mol. The van der Waals surface area contributed by atoms with Gasteiger partial charge in [-0.25, -0.2) is 13.4 Å². The average Bonchev–Trinajstić information content (AvgIpc) is 3.12. The van der Waals surface area contributed by atoms with Crippen molar-refractivity contribution in [2.24, 2.45) is 5.92 Å². The molecule has 0 N–H and O–H groups in total. The Kier molecular flexibility index (Phi) is 4.55. The summed E-state index contributed by atoms with van der Waals surface area (Å²) in [6.45, 7) is 4.52. The van der Waals surface area contributed by atoms with Gasteiger partial charge in [0.1, 0.15) is 10.0 Å². The lowest BCUT2D eigenvalue weighted by molar-refractivity contribution is 0.360. The maximum Gasteiger partial charge on any atom is 0.246 e. The molecule has 0 amide bonds. The normalized spacial score (nSPS) is 16.3. The van der Waals surface area contributed by atoms with Crippen LogP contribution in [0.4, 0.5) is 0 Å². The van der Waals surface area contributed by atoms with Crippen molar-refractivity contribution in [1.82, 2.24) is 9.29 Å². The first-order chi connectivity index (χ1) is 8.82. The summed E-state index contributed by atoms with van der Waals surface area (Å²) in [4.78, 5) is 3.98. The van der Waals surface area contributed by atoms with Gasteiger partial charge < -0.3 is 0 Å². The van der Waals surface area contributed by atoms with Crippen molar-refractivity contribution in [3.05, 3.63) is 21.9 Å². The molecular formula is C12H16BrClN2O2S. The molecule has 1 aliphatic rings. The van der Waals surface area contributed by atoms with Gasteiger partial charge in [-0.3, -0.25) is 0 Å². The molecule has 0 aliphatic heterocycles. The van der Waals surface area contributed by atoms with Gasteiger partial charge in [0.2, 0.25) is 10.0 Å². The van der Waals surface area contributed by atoms with Gasteiger partial charge in [0, 0.05) is 23.3 Å². The zero-order chi connectivity index (χ0) is 14.2. The van der Waals surface area contributed by atoms with Crippen molar-refractivity contribution in [2.45, 2.75) is 37.6 Å². The van der Waals surface area contributed by atoms with Crippen LogP contribution < -0.4 is 0 Å². The van der Waals surface area contributed by atoms with Crippen LogP contribution in [0.15, 0.2) is 21.6 Å². The van der Waals surface area contributed by atoms with E-state index in [4.69, 9.17) is 11.6 Å². The van der Waals surface area contributed by atoms with Crippen LogP contribution in [0.1, 0.15) is 26.7 Å². The molecule has 4 nitrogen and oxygen atoms in total. The summed E-state index contributed by atoms with van der Waals surface area (Å²) in [6.07, 6.45) is 3.33. The molecule has 0 bridgehead atoms. The zero-order valence-corrected chi connectivity index (χ0v) is 14.0. The van der Waals surface area contributed by atoms with Crippen molar-refractivity contribution in [2.75, 3.05) is 6.54 Å². The fourth-order valence-corrected chi connectivity index (χ4v) is 4.65.